The SMILES string of the molecule is CC1NN(c2ccc(C(=O)O)cc2)C(=O)C1=CC=Cc1ccc(N(C)C)cc1. The molecule has 0 bridgehead atoms. The average Bonchev–Trinajstić information content (AvgIpc) is 2.96. The Kier molecular flexibility index (Phi) is 5.61. The molecule has 2 N–H and O–H groups in total. The summed E-state index contributed by atoms with van der Waals surface area (Å²) in [5, 5.41) is 10.4. The van der Waals surface area contributed by atoms with Gasteiger partial charge in [-0.3, -0.25) is 4.79 Å². The topological polar surface area (TPSA) is 72.9 Å². The van der Waals surface area contributed by atoms with Gasteiger partial charge in [-0.05, 0) is 48.9 Å². The number of benzene rings is 2. The van der Waals surface area contributed by atoms with Crippen LogP contribution in [0.4, 0.5) is 11.4 Å². The number of hydrogen-bond donors (Lipinski definition) is 2. The fourth-order valence-corrected chi connectivity index (χ4v) is 2.94. The van der Waals surface area contributed by atoms with Crippen molar-refractivity contribution in [2.75, 3.05) is 24.0 Å². The van der Waals surface area contributed by atoms with Crippen LogP contribution in [-0.4, -0.2) is 37.1 Å². The molecule has 28 heavy (non-hydrogen) atoms. The predicted octanol–water partition coefficient (Wildman–Crippen LogP) is 3.33. The molecule has 0 aliphatic carbocycles. The Hall–Kier alpha value is -3.38. The molecule has 6 nitrogen and oxygen atoms in total. The average molecular weight is 377 g/mol. The molecule has 3 rings (SSSR count). The Morgan fingerprint density at radius 1 is 1.11 bits per heavy atom. The van der Waals surface area contributed by atoms with Crippen LogP contribution in [0.15, 0.2) is 66.3 Å². The fourth-order valence-electron chi connectivity index (χ4n) is 2.94. The number of nitrogens with one attached hydrogen (secondary N) is 1. The van der Waals surface area contributed by atoms with E-state index in [2.05, 4.69) is 5.43 Å². The Morgan fingerprint density at radius 3 is 2.32 bits per heavy atom. The molecule has 0 aromatic heterocycles. The summed E-state index contributed by atoms with van der Waals surface area (Å²) in [5.74, 6) is -1.15. The van der Waals surface area contributed by atoms with Gasteiger partial charge in [0, 0.05) is 25.4 Å². The lowest BCUT2D eigenvalue weighted by Gasteiger charge is -2.16. The van der Waals surface area contributed by atoms with Gasteiger partial charge in [0.2, 0.25) is 0 Å². The summed E-state index contributed by atoms with van der Waals surface area (Å²) in [6.45, 7) is 1.91. The van der Waals surface area contributed by atoms with Crippen LogP contribution in [0, 0.1) is 0 Å². The number of hydrazine groups is 1. The Bertz CT molecular complexity index is 929. The van der Waals surface area contributed by atoms with E-state index in [4.69, 9.17) is 5.11 Å². The molecular weight excluding hydrogens is 354 g/mol. The largest absolute Gasteiger partial charge is 0.478 e. The molecular formula is C22H23N3O3. The van der Waals surface area contributed by atoms with E-state index in [9.17, 15) is 9.59 Å². The summed E-state index contributed by atoms with van der Waals surface area (Å²) in [7, 11) is 3.99. The first-order valence-corrected chi connectivity index (χ1v) is 8.96. The summed E-state index contributed by atoms with van der Waals surface area (Å²) < 4.78 is 0. The van der Waals surface area contributed by atoms with Crippen LogP contribution in [-0.2, 0) is 4.79 Å². The second-order valence-corrected chi connectivity index (χ2v) is 6.81. The number of carbonyl (C=O) groups is 2. The lowest BCUT2D eigenvalue weighted by Crippen LogP contribution is -2.36. The first-order chi connectivity index (χ1) is 13.4. The zero-order valence-electron chi connectivity index (χ0n) is 16.1. The van der Waals surface area contributed by atoms with Gasteiger partial charge >= 0.3 is 5.97 Å². The van der Waals surface area contributed by atoms with Crippen molar-refractivity contribution >= 4 is 29.3 Å². The number of amides is 1. The highest BCUT2D eigenvalue weighted by Crippen LogP contribution is 2.23. The van der Waals surface area contributed by atoms with Crippen molar-refractivity contribution in [2.24, 2.45) is 0 Å². The van der Waals surface area contributed by atoms with Crippen LogP contribution < -0.4 is 15.3 Å². The van der Waals surface area contributed by atoms with Gasteiger partial charge in [-0.15, -0.1) is 0 Å². The van der Waals surface area contributed by atoms with E-state index in [0.29, 0.717) is 11.3 Å². The summed E-state index contributed by atoms with van der Waals surface area (Å²) >= 11 is 0. The highest BCUT2D eigenvalue weighted by atomic mass is 16.4. The Balaban J connectivity index is 1.73. The number of carbonyl (C=O) groups excluding carboxylic acids is 1. The monoisotopic (exact) mass is 377 g/mol. The quantitative estimate of drug-likeness (QED) is 0.782. The van der Waals surface area contributed by atoms with Gasteiger partial charge in [0.05, 0.1) is 17.3 Å². The highest BCUT2D eigenvalue weighted by Gasteiger charge is 2.32. The van der Waals surface area contributed by atoms with Gasteiger partial charge in [0.25, 0.3) is 5.91 Å². The van der Waals surface area contributed by atoms with Gasteiger partial charge in [-0.1, -0.05) is 30.4 Å². The number of hydrogen-bond acceptors (Lipinski definition) is 4. The van der Waals surface area contributed by atoms with Crippen molar-refractivity contribution in [3.8, 4) is 0 Å². The normalized spacial score (nSPS) is 18.2. The maximum atomic E-state index is 12.7. The molecule has 1 amide bonds. The maximum absolute atomic E-state index is 12.7. The van der Waals surface area contributed by atoms with Gasteiger partial charge in [-0.25, -0.2) is 15.2 Å². The lowest BCUT2D eigenvalue weighted by molar-refractivity contribution is -0.114. The number of carboxylic acids is 1. The molecule has 1 heterocycles. The predicted molar refractivity (Wildman–Crippen MR) is 111 cm³/mol. The van der Waals surface area contributed by atoms with Crippen LogP contribution in [0.3, 0.4) is 0 Å². The molecule has 1 fully saturated rings. The van der Waals surface area contributed by atoms with Gasteiger partial charge < -0.3 is 10.0 Å². The first-order valence-electron chi connectivity index (χ1n) is 8.96. The van der Waals surface area contributed by atoms with Crippen molar-refractivity contribution in [1.82, 2.24) is 5.43 Å². The van der Waals surface area contributed by atoms with E-state index in [0.717, 1.165) is 11.3 Å². The van der Waals surface area contributed by atoms with Crippen LogP contribution in [0.5, 0.6) is 0 Å². The number of nitrogens with zero attached hydrogens (tertiary/aromatic N) is 2. The minimum Gasteiger partial charge on any atom is -0.478 e. The van der Waals surface area contributed by atoms with Crippen LogP contribution >= 0.6 is 0 Å². The summed E-state index contributed by atoms with van der Waals surface area (Å²) in [6.07, 6.45) is 5.63. The summed E-state index contributed by atoms with van der Waals surface area (Å²) in [4.78, 5) is 25.7. The molecule has 1 aliphatic rings. The van der Waals surface area contributed by atoms with E-state index in [1.165, 1.54) is 17.1 Å². The van der Waals surface area contributed by atoms with Gasteiger partial charge in [0.1, 0.15) is 0 Å². The van der Waals surface area contributed by atoms with Crippen molar-refractivity contribution in [1.29, 1.82) is 0 Å². The number of carboxylic acid groups (broad SMARTS) is 1. The molecule has 1 saturated heterocycles. The number of aromatic carboxylic acids is 1. The standard InChI is InChI=1S/C22H23N3O3/c1-15-20(6-4-5-16-7-11-18(12-8-16)24(2)3)21(26)25(23-15)19-13-9-17(10-14-19)22(27)28/h4-15,23H,1-3H3,(H,27,28). The van der Waals surface area contributed by atoms with Crippen molar-refractivity contribution in [2.45, 2.75) is 13.0 Å². The lowest BCUT2D eigenvalue weighted by atomic mass is 10.1. The van der Waals surface area contributed by atoms with Crippen molar-refractivity contribution in [3.05, 3.63) is 77.4 Å². The summed E-state index contributed by atoms with van der Waals surface area (Å²) in [5.41, 5.74) is 6.73. The molecule has 2 aromatic carbocycles. The fraction of sp³-hybridized carbons (Fsp3) is 0.182. The van der Waals surface area contributed by atoms with E-state index in [1.807, 2.05) is 68.4 Å². The van der Waals surface area contributed by atoms with E-state index in [-0.39, 0.29) is 17.5 Å². The second-order valence-electron chi connectivity index (χ2n) is 6.81. The Labute approximate surface area is 164 Å². The van der Waals surface area contributed by atoms with Crippen LogP contribution in [0.1, 0.15) is 22.8 Å². The molecule has 0 spiro atoms. The zero-order chi connectivity index (χ0) is 20.3. The van der Waals surface area contributed by atoms with Crippen molar-refractivity contribution in [3.63, 3.8) is 0 Å². The molecule has 1 unspecified atom stereocenters. The number of allylic oxidation sites excluding steroid dienone is 2. The minimum absolute atomic E-state index is 0.146. The molecule has 0 saturated carbocycles. The molecule has 6 heteroatoms. The molecule has 1 atom stereocenters. The van der Waals surface area contributed by atoms with E-state index in [1.54, 1.807) is 12.1 Å². The third kappa shape index (κ3) is 4.13. The van der Waals surface area contributed by atoms with E-state index < -0.39 is 5.97 Å². The molecule has 2 aromatic rings. The number of rotatable bonds is 5. The smallest absolute Gasteiger partial charge is 0.335 e. The van der Waals surface area contributed by atoms with Gasteiger partial charge in [-0.2, -0.15) is 0 Å². The van der Waals surface area contributed by atoms with E-state index >= 15 is 0 Å². The van der Waals surface area contributed by atoms with Crippen LogP contribution in [0.2, 0.25) is 0 Å². The maximum Gasteiger partial charge on any atom is 0.335 e. The highest BCUT2D eigenvalue weighted by molar-refractivity contribution is 6.08. The third-order valence-electron chi connectivity index (χ3n) is 4.59. The second kappa shape index (κ2) is 8.10. The van der Waals surface area contributed by atoms with Gasteiger partial charge in [0.15, 0.2) is 0 Å². The zero-order valence-corrected chi connectivity index (χ0v) is 16.1. The summed E-state index contributed by atoms with van der Waals surface area (Å²) in [6, 6.07) is 14.2. The molecule has 0 radical (unpaired) electrons. The van der Waals surface area contributed by atoms with Crippen molar-refractivity contribution < 1.29 is 14.7 Å². The molecule has 144 valence electrons. The number of anilines is 2. The first kappa shape index (κ1) is 19.4. The third-order valence-corrected chi connectivity index (χ3v) is 4.59. The Morgan fingerprint density at radius 2 is 1.75 bits per heavy atom. The van der Waals surface area contributed by atoms with Crippen LogP contribution in [0.25, 0.3) is 6.08 Å². The minimum atomic E-state index is -0.995. The molecule has 1 aliphatic heterocycles.